The Hall–Kier alpha value is -2.07. The lowest BCUT2D eigenvalue weighted by Gasteiger charge is -2.15. The fourth-order valence-corrected chi connectivity index (χ4v) is 2.52. The molecule has 0 fully saturated rings. The van der Waals surface area contributed by atoms with Crippen molar-refractivity contribution in [2.75, 3.05) is 7.05 Å². The average molecular weight is 269 g/mol. The van der Waals surface area contributed by atoms with Gasteiger partial charge < -0.3 is 14.3 Å². The topological polar surface area (TPSA) is 43.0 Å². The summed E-state index contributed by atoms with van der Waals surface area (Å²) < 4.78 is 8.12. The molecule has 0 aliphatic rings. The molecule has 0 saturated heterocycles. The number of likely N-dealkylation sites (N-methyl/N-ethyl adjacent to an activating group) is 1. The molecular formula is C16H19N3O. The van der Waals surface area contributed by atoms with E-state index in [-0.39, 0.29) is 6.04 Å². The quantitative estimate of drug-likeness (QED) is 0.773. The van der Waals surface area contributed by atoms with Crippen LogP contribution in [0.1, 0.15) is 24.6 Å². The Bertz CT molecular complexity index is 665. The first kappa shape index (κ1) is 12.9. The predicted octanol–water partition coefficient (Wildman–Crippen LogP) is 3.15. The minimum Gasteiger partial charge on any atom is -0.459 e. The molecule has 0 aliphatic heterocycles. The normalized spacial score (nSPS) is 12.9. The summed E-state index contributed by atoms with van der Waals surface area (Å²) >= 11 is 0. The third-order valence-electron chi connectivity index (χ3n) is 3.63. The van der Waals surface area contributed by atoms with Gasteiger partial charge in [0.2, 0.25) is 0 Å². The maximum absolute atomic E-state index is 5.95. The molecule has 20 heavy (non-hydrogen) atoms. The fourth-order valence-electron chi connectivity index (χ4n) is 2.52. The van der Waals surface area contributed by atoms with Crippen LogP contribution in [0.25, 0.3) is 11.0 Å². The van der Waals surface area contributed by atoms with Gasteiger partial charge in [0.1, 0.15) is 17.2 Å². The molecule has 1 N–H and O–H groups in total. The number of benzene rings is 1. The largest absolute Gasteiger partial charge is 0.459 e. The molecule has 1 aromatic carbocycles. The van der Waals surface area contributed by atoms with Crippen molar-refractivity contribution in [3.05, 3.63) is 54.3 Å². The molecule has 2 heterocycles. The van der Waals surface area contributed by atoms with E-state index in [0.717, 1.165) is 35.5 Å². The highest BCUT2D eigenvalue weighted by molar-refractivity contribution is 5.77. The summed E-state index contributed by atoms with van der Waals surface area (Å²) in [6.07, 6.45) is 4.81. The maximum Gasteiger partial charge on any atom is 0.134 e. The van der Waals surface area contributed by atoms with E-state index < -0.39 is 0 Å². The molecule has 1 atom stereocenters. The summed E-state index contributed by atoms with van der Waals surface area (Å²) in [5.74, 6) is 2.06. The summed E-state index contributed by atoms with van der Waals surface area (Å²) in [6.45, 7) is 2.94. The van der Waals surface area contributed by atoms with Crippen molar-refractivity contribution in [3.63, 3.8) is 0 Å². The molecule has 0 saturated carbocycles. The first-order valence-electron chi connectivity index (χ1n) is 6.97. The second-order valence-electron chi connectivity index (χ2n) is 4.88. The van der Waals surface area contributed by atoms with Crippen LogP contribution in [0.2, 0.25) is 0 Å². The second-order valence-corrected chi connectivity index (χ2v) is 4.88. The Labute approximate surface area is 118 Å². The molecule has 0 bridgehead atoms. The van der Waals surface area contributed by atoms with Crippen LogP contribution in [0.4, 0.5) is 0 Å². The van der Waals surface area contributed by atoms with E-state index in [0.29, 0.717) is 0 Å². The molecule has 0 aliphatic carbocycles. The molecule has 0 radical (unpaired) electrons. The second kappa shape index (κ2) is 5.51. The number of hydrogen-bond donors (Lipinski definition) is 1. The number of aromatic nitrogens is 2. The van der Waals surface area contributed by atoms with Gasteiger partial charge in [0, 0.05) is 30.7 Å². The summed E-state index contributed by atoms with van der Waals surface area (Å²) in [6, 6.07) is 10.3. The first-order valence-corrected chi connectivity index (χ1v) is 6.97. The van der Waals surface area contributed by atoms with Crippen LogP contribution in [-0.2, 0) is 13.0 Å². The smallest absolute Gasteiger partial charge is 0.134 e. The first-order chi connectivity index (χ1) is 9.81. The zero-order chi connectivity index (χ0) is 13.9. The number of nitrogens with zero attached hydrogens (tertiary/aromatic N) is 2. The number of para-hydroxylation sites is 1. The van der Waals surface area contributed by atoms with Crippen LogP contribution in [0, 0.1) is 0 Å². The Balaban J connectivity index is 1.89. The van der Waals surface area contributed by atoms with Crippen LogP contribution in [0.15, 0.2) is 47.1 Å². The van der Waals surface area contributed by atoms with Gasteiger partial charge in [-0.2, -0.15) is 0 Å². The van der Waals surface area contributed by atoms with Gasteiger partial charge in [0.05, 0.1) is 6.04 Å². The molecular weight excluding hydrogens is 250 g/mol. The van der Waals surface area contributed by atoms with Crippen molar-refractivity contribution in [2.45, 2.75) is 25.9 Å². The molecule has 4 heteroatoms. The van der Waals surface area contributed by atoms with Crippen molar-refractivity contribution in [3.8, 4) is 0 Å². The highest BCUT2D eigenvalue weighted by Gasteiger charge is 2.16. The molecule has 2 aromatic heterocycles. The van der Waals surface area contributed by atoms with Crippen molar-refractivity contribution in [1.29, 1.82) is 0 Å². The zero-order valence-corrected chi connectivity index (χ0v) is 11.8. The van der Waals surface area contributed by atoms with E-state index in [4.69, 9.17) is 4.42 Å². The third kappa shape index (κ3) is 2.34. The minimum absolute atomic E-state index is 0.141. The monoisotopic (exact) mass is 269 g/mol. The predicted molar refractivity (Wildman–Crippen MR) is 79.6 cm³/mol. The van der Waals surface area contributed by atoms with E-state index in [1.54, 1.807) is 0 Å². The number of hydrogen-bond acceptors (Lipinski definition) is 3. The highest BCUT2D eigenvalue weighted by atomic mass is 16.3. The summed E-state index contributed by atoms with van der Waals surface area (Å²) in [7, 11) is 1.96. The van der Waals surface area contributed by atoms with E-state index in [1.807, 2.05) is 37.6 Å². The lowest BCUT2D eigenvalue weighted by Crippen LogP contribution is -2.22. The fraction of sp³-hybridized carbons (Fsp3) is 0.312. The van der Waals surface area contributed by atoms with E-state index in [9.17, 15) is 0 Å². The molecule has 4 nitrogen and oxygen atoms in total. The number of furan rings is 1. The highest BCUT2D eigenvalue weighted by Crippen LogP contribution is 2.24. The Morgan fingerprint density at radius 2 is 2.20 bits per heavy atom. The van der Waals surface area contributed by atoms with Crippen molar-refractivity contribution >= 4 is 11.0 Å². The number of nitrogens with one attached hydrogen (secondary N) is 1. The van der Waals surface area contributed by atoms with Crippen LogP contribution in [-0.4, -0.2) is 16.6 Å². The van der Waals surface area contributed by atoms with Gasteiger partial charge >= 0.3 is 0 Å². The van der Waals surface area contributed by atoms with E-state index in [2.05, 4.69) is 33.9 Å². The van der Waals surface area contributed by atoms with Gasteiger partial charge in [-0.1, -0.05) is 25.1 Å². The Morgan fingerprint density at radius 3 is 2.95 bits per heavy atom. The van der Waals surface area contributed by atoms with Crippen LogP contribution < -0.4 is 5.32 Å². The minimum atomic E-state index is 0.141. The van der Waals surface area contributed by atoms with Gasteiger partial charge in [-0.15, -0.1) is 0 Å². The average Bonchev–Trinajstić information content (AvgIpc) is 3.10. The molecule has 1 unspecified atom stereocenters. The zero-order valence-electron chi connectivity index (χ0n) is 11.8. The van der Waals surface area contributed by atoms with Crippen LogP contribution in [0.5, 0.6) is 0 Å². The number of rotatable bonds is 5. The molecule has 3 aromatic rings. The number of fused-ring (bicyclic) bond motifs is 1. The Morgan fingerprint density at radius 1 is 1.35 bits per heavy atom. The van der Waals surface area contributed by atoms with Crippen molar-refractivity contribution < 1.29 is 4.42 Å². The van der Waals surface area contributed by atoms with Gasteiger partial charge in [0.15, 0.2) is 0 Å². The molecule has 3 rings (SSSR count). The van der Waals surface area contributed by atoms with Gasteiger partial charge in [-0.3, -0.25) is 0 Å². The van der Waals surface area contributed by atoms with Gasteiger partial charge in [0.25, 0.3) is 0 Å². The molecule has 0 amide bonds. The van der Waals surface area contributed by atoms with Gasteiger partial charge in [-0.25, -0.2) is 4.98 Å². The summed E-state index contributed by atoms with van der Waals surface area (Å²) in [4.78, 5) is 4.36. The van der Waals surface area contributed by atoms with Crippen LogP contribution >= 0.6 is 0 Å². The maximum atomic E-state index is 5.95. The third-order valence-corrected chi connectivity index (χ3v) is 3.63. The van der Waals surface area contributed by atoms with E-state index >= 15 is 0 Å². The summed E-state index contributed by atoms with van der Waals surface area (Å²) in [5, 5.41) is 4.47. The SMILES string of the molecule is CCc1nccn1CC(NC)c1cc2ccccc2o1. The lowest BCUT2D eigenvalue weighted by molar-refractivity contribution is 0.406. The van der Waals surface area contributed by atoms with Crippen molar-refractivity contribution in [1.82, 2.24) is 14.9 Å². The van der Waals surface area contributed by atoms with Crippen LogP contribution in [0.3, 0.4) is 0 Å². The lowest BCUT2D eigenvalue weighted by atomic mass is 10.2. The Kier molecular flexibility index (Phi) is 3.56. The molecule has 104 valence electrons. The summed E-state index contributed by atoms with van der Waals surface area (Å²) in [5.41, 5.74) is 0.934. The number of aryl methyl sites for hydroxylation is 1. The standard InChI is InChI=1S/C16H19N3O/c1-3-16-18-8-9-19(16)11-13(17-2)15-10-12-6-4-5-7-14(12)20-15/h4-10,13,17H,3,11H2,1-2H3. The number of imidazole rings is 1. The van der Waals surface area contributed by atoms with Gasteiger partial charge in [-0.05, 0) is 19.2 Å². The van der Waals surface area contributed by atoms with E-state index in [1.165, 1.54) is 0 Å². The molecule has 0 spiro atoms. The van der Waals surface area contributed by atoms with Crippen molar-refractivity contribution in [2.24, 2.45) is 0 Å².